The van der Waals surface area contributed by atoms with Crippen molar-refractivity contribution < 1.29 is 32.8 Å². The van der Waals surface area contributed by atoms with Crippen molar-refractivity contribution >= 4 is 29.1 Å². The number of carbonyl (C=O) groups excluding carboxylic acids is 3. The minimum atomic E-state index is -1.09. The van der Waals surface area contributed by atoms with E-state index in [9.17, 15) is 18.8 Å². The fraction of sp³-hybridized carbons (Fsp3) is 0.200. The van der Waals surface area contributed by atoms with Crippen molar-refractivity contribution in [1.82, 2.24) is 0 Å². The standard InChI is InChI=1S/C20H20FN2O5/c1-22(2)13-9-11-23(12-10-13)17(20(26)28-4)16(19(25)27-3)18(24)14-7-5-6-8-15(14)21/h5-12H,1-4H3/q+1/b17-16-. The van der Waals surface area contributed by atoms with Gasteiger partial charge < -0.3 is 14.4 Å². The molecule has 0 radical (unpaired) electrons. The summed E-state index contributed by atoms with van der Waals surface area (Å²) in [6.07, 6.45) is 2.97. The summed E-state index contributed by atoms with van der Waals surface area (Å²) in [5.41, 5.74) is -0.565. The Hall–Kier alpha value is -3.55. The highest BCUT2D eigenvalue weighted by atomic mass is 19.1. The molecule has 0 spiro atoms. The minimum Gasteiger partial charge on any atom is -0.465 e. The van der Waals surface area contributed by atoms with E-state index in [1.54, 1.807) is 12.1 Å². The number of carbonyl (C=O) groups is 3. The molecule has 0 aliphatic carbocycles. The van der Waals surface area contributed by atoms with Crippen LogP contribution in [-0.4, -0.2) is 46.0 Å². The molecule has 1 heterocycles. The molecular formula is C20H20FN2O5+. The number of halogens is 1. The molecule has 0 aliphatic rings. The van der Waals surface area contributed by atoms with Crippen LogP contribution in [0.1, 0.15) is 10.4 Å². The van der Waals surface area contributed by atoms with Gasteiger partial charge in [0.15, 0.2) is 18.0 Å². The van der Waals surface area contributed by atoms with Gasteiger partial charge >= 0.3 is 17.6 Å². The second-order valence-electron chi connectivity index (χ2n) is 5.87. The molecule has 0 aliphatic heterocycles. The van der Waals surface area contributed by atoms with Crippen LogP contribution in [0.5, 0.6) is 0 Å². The maximum absolute atomic E-state index is 14.1. The lowest BCUT2D eigenvalue weighted by molar-refractivity contribution is -0.578. The molecule has 7 nitrogen and oxygen atoms in total. The molecule has 0 atom stereocenters. The Balaban J connectivity index is 2.76. The number of Topliss-reactive ketones (excluding diaryl/α,β-unsaturated/α-hetero) is 1. The first-order chi connectivity index (χ1) is 13.3. The Bertz CT molecular complexity index is 936. The van der Waals surface area contributed by atoms with E-state index in [4.69, 9.17) is 4.74 Å². The molecule has 1 aromatic heterocycles. The SMILES string of the molecule is COC(=O)/C(C(=O)c1ccccc1F)=C(/C(=O)OC)[n+]1ccc(N(C)C)cc1. The Morgan fingerprint density at radius 2 is 1.50 bits per heavy atom. The van der Waals surface area contributed by atoms with Crippen LogP contribution in [0.15, 0.2) is 54.4 Å². The van der Waals surface area contributed by atoms with Gasteiger partial charge in [-0.05, 0) is 12.1 Å². The van der Waals surface area contributed by atoms with Gasteiger partial charge in [-0.25, -0.2) is 14.0 Å². The number of aromatic nitrogens is 1. The van der Waals surface area contributed by atoms with Crippen LogP contribution in [-0.2, 0) is 19.1 Å². The summed E-state index contributed by atoms with van der Waals surface area (Å²) in [4.78, 5) is 39.6. The van der Waals surface area contributed by atoms with Gasteiger partial charge in [0.2, 0.25) is 5.78 Å². The summed E-state index contributed by atoms with van der Waals surface area (Å²) in [7, 11) is 5.84. The van der Waals surface area contributed by atoms with Crippen molar-refractivity contribution in [3.8, 4) is 0 Å². The zero-order chi connectivity index (χ0) is 20.8. The van der Waals surface area contributed by atoms with E-state index in [0.717, 1.165) is 26.0 Å². The predicted octanol–water partition coefficient (Wildman–Crippen LogP) is 1.62. The predicted molar refractivity (Wildman–Crippen MR) is 98.9 cm³/mol. The number of hydrogen-bond acceptors (Lipinski definition) is 6. The highest BCUT2D eigenvalue weighted by Crippen LogP contribution is 2.19. The molecule has 0 N–H and O–H groups in total. The third-order valence-corrected chi connectivity index (χ3v) is 3.94. The largest absolute Gasteiger partial charge is 0.465 e. The molecule has 1 aromatic carbocycles. The van der Waals surface area contributed by atoms with Gasteiger partial charge in [0.25, 0.3) is 0 Å². The van der Waals surface area contributed by atoms with Crippen molar-refractivity contribution in [2.45, 2.75) is 0 Å². The van der Waals surface area contributed by atoms with Gasteiger partial charge in [0, 0.05) is 31.9 Å². The van der Waals surface area contributed by atoms with E-state index < -0.39 is 29.1 Å². The fourth-order valence-electron chi connectivity index (χ4n) is 2.48. The van der Waals surface area contributed by atoms with Gasteiger partial charge in [-0.3, -0.25) is 4.79 Å². The molecule has 8 heteroatoms. The zero-order valence-electron chi connectivity index (χ0n) is 15.9. The van der Waals surface area contributed by atoms with Crippen LogP contribution in [0.25, 0.3) is 5.70 Å². The maximum Gasteiger partial charge on any atom is 0.405 e. The summed E-state index contributed by atoms with van der Waals surface area (Å²) in [5.74, 6) is -3.86. The van der Waals surface area contributed by atoms with E-state index in [0.29, 0.717) is 0 Å². The van der Waals surface area contributed by atoms with E-state index in [-0.39, 0.29) is 11.3 Å². The average Bonchev–Trinajstić information content (AvgIpc) is 2.70. The van der Waals surface area contributed by atoms with Crippen LogP contribution in [0, 0.1) is 5.82 Å². The molecule has 2 rings (SSSR count). The van der Waals surface area contributed by atoms with Crippen LogP contribution >= 0.6 is 0 Å². The average molecular weight is 387 g/mol. The Kier molecular flexibility index (Phi) is 6.59. The summed E-state index contributed by atoms with van der Waals surface area (Å²) in [6.45, 7) is 0. The Labute approximate surface area is 161 Å². The van der Waals surface area contributed by atoms with Gasteiger partial charge in [-0.15, -0.1) is 0 Å². The van der Waals surface area contributed by atoms with Gasteiger partial charge in [0.05, 0.1) is 19.8 Å². The molecule has 0 bridgehead atoms. The van der Waals surface area contributed by atoms with Crippen molar-refractivity contribution in [3.05, 3.63) is 65.7 Å². The lowest BCUT2D eigenvalue weighted by atomic mass is 10.0. The molecule has 0 saturated heterocycles. The Morgan fingerprint density at radius 1 is 0.929 bits per heavy atom. The van der Waals surface area contributed by atoms with Crippen molar-refractivity contribution in [2.24, 2.45) is 0 Å². The van der Waals surface area contributed by atoms with Gasteiger partial charge in [0.1, 0.15) is 5.82 Å². The summed E-state index contributed by atoms with van der Waals surface area (Å²) in [6, 6.07) is 8.50. The third kappa shape index (κ3) is 4.22. The highest BCUT2D eigenvalue weighted by molar-refractivity contribution is 6.32. The number of methoxy groups -OCH3 is 2. The highest BCUT2D eigenvalue weighted by Gasteiger charge is 2.37. The molecular weight excluding hydrogens is 367 g/mol. The first kappa shape index (κ1) is 20.8. The fourth-order valence-corrected chi connectivity index (χ4v) is 2.48. The zero-order valence-corrected chi connectivity index (χ0v) is 15.9. The lowest BCUT2D eigenvalue weighted by Crippen LogP contribution is -2.40. The number of nitrogens with zero attached hydrogens (tertiary/aromatic N) is 2. The number of ketones is 1. The summed E-state index contributed by atoms with van der Waals surface area (Å²) >= 11 is 0. The first-order valence-corrected chi connectivity index (χ1v) is 8.21. The second kappa shape index (κ2) is 8.90. The van der Waals surface area contributed by atoms with Crippen LogP contribution < -0.4 is 9.47 Å². The topological polar surface area (TPSA) is 76.8 Å². The van der Waals surface area contributed by atoms with Crippen molar-refractivity contribution in [2.75, 3.05) is 33.2 Å². The van der Waals surface area contributed by atoms with Crippen LogP contribution in [0.3, 0.4) is 0 Å². The second-order valence-corrected chi connectivity index (χ2v) is 5.87. The van der Waals surface area contributed by atoms with Crippen LogP contribution in [0.2, 0.25) is 0 Å². The Morgan fingerprint density at radius 3 is 2.00 bits per heavy atom. The lowest BCUT2D eigenvalue weighted by Gasteiger charge is -2.11. The minimum absolute atomic E-state index is 0.366. The quantitative estimate of drug-likeness (QED) is 0.187. The number of benzene rings is 1. The van der Waals surface area contributed by atoms with E-state index in [2.05, 4.69) is 4.74 Å². The summed E-state index contributed by atoms with van der Waals surface area (Å²) in [5, 5.41) is 0. The van der Waals surface area contributed by atoms with E-state index in [1.165, 1.54) is 35.2 Å². The molecule has 2 aromatic rings. The summed E-state index contributed by atoms with van der Waals surface area (Å²) < 4.78 is 24.8. The van der Waals surface area contributed by atoms with Crippen molar-refractivity contribution in [3.63, 3.8) is 0 Å². The van der Waals surface area contributed by atoms with Crippen LogP contribution in [0.4, 0.5) is 10.1 Å². The van der Waals surface area contributed by atoms with E-state index in [1.807, 2.05) is 19.0 Å². The number of hydrogen-bond donors (Lipinski definition) is 0. The molecule has 28 heavy (non-hydrogen) atoms. The molecule has 0 amide bonds. The smallest absolute Gasteiger partial charge is 0.405 e. The monoisotopic (exact) mass is 387 g/mol. The molecule has 0 saturated carbocycles. The van der Waals surface area contributed by atoms with E-state index >= 15 is 0 Å². The normalized spacial score (nSPS) is 11.3. The third-order valence-electron chi connectivity index (χ3n) is 3.94. The number of esters is 2. The maximum atomic E-state index is 14.1. The number of ether oxygens (including phenoxy) is 2. The first-order valence-electron chi connectivity index (χ1n) is 8.21. The number of pyridine rings is 1. The molecule has 0 fully saturated rings. The molecule has 146 valence electrons. The molecule has 0 unspecified atom stereocenters. The van der Waals surface area contributed by atoms with Gasteiger partial charge in [-0.2, -0.15) is 4.57 Å². The number of anilines is 1. The number of rotatable bonds is 6. The van der Waals surface area contributed by atoms with Gasteiger partial charge in [-0.1, -0.05) is 12.1 Å². The van der Waals surface area contributed by atoms with Crippen molar-refractivity contribution in [1.29, 1.82) is 0 Å².